The van der Waals surface area contributed by atoms with E-state index in [1.807, 2.05) is 36.4 Å². The third-order valence-corrected chi connectivity index (χ3v) is 4.10. The zero-order valence-electron chi connectivity index (χ0n) is 12.0. The fourth-order valence-electron chi connectivity index (χ4n) is 2.27. The maximum Gasteiger partial charge on any atom is 0.259 e. The van der Waals surface area contributed by atoms with Gasteiger partial charge in [0.1, 0.15) is 5.75 Å². The predicted molar refractivity (Wildman–Crippen MR) is 85.8 cm³/mol. The topological polar surface area (TPSA) is 29.5 Å². The number of hydrogen-bond donors (Lipinski definition) is 0. The first-order chi connectivity index (χ1) is 10.0. The Labute approximate surface area is 135 Å². The van der Waals surface area contributed by atoms with Crippen LogP contribution in [0.25, 0.3) is 0 Å². The standard InChI is InChI=1S/C16H19Cl2NO2/c1-21-14-8-6-13(7-9-14)12-19-11-5-3-2-4-10-16(17,18)15(19)20/h2,4,6-9H,3,5,10-12H2,1H3/b4-2+. The summed E-state index contributed by atoms with van der Waals surface area (Å²) in [6.07, 6.45) is 6.09. The van der Waals surface area contributed by atoms with Gasteiger partial charge in [0, 0.05) is 19.5 Å². The monoisotopic (exact) mass is 327 g/mol. The Morgan fingerprint density at radius 2 is 1.95 bits per heavy atom. The van der Waals surface area contributed by atoms with Crippen LogP contribution in [0.15, 0.2) is 36.4 Å². The number of methoxy groups -OCH3 is 1. The highest BCUT2D eigenvalue weighted by Crippen LogP contribution is 2.30. The van der Waals surface area contributed by atoms with Gasteiger partial charge < -0.3 is 9.64 Å². The van der Waals surface area contributed by atoms with Crippen LogP contribution in [-0.2, 0) is 11.3 Å². The van der Waals surface area contributed by atoms with Crippen molar-refractivity contribution in [2.24, 2.45) is 0 Å². The van der Waals surface area contributed by atoms with Gasteiger partial charge in [0.2, 0.25) is 0 Å². The molecule has 1 heterocycles. The van der Waals surface area contributed by atoms with Gasteiger partial charge in [0.25, 0.3) is 5.91 Å². The minimum absolute atomic E-state index is 0.229. The van der Waals surface area contributed by atoms with Crippen molar-refractivity contribution < 1.29 is 9.53 Å². The largest absolute Gasteiger partial charge is 0.497 e. The van der Waals surface area contributed by atoms with Crippen molar-refractivity contribution in [1.82, 2.24) is 4.90 Å². The highest BCUT2D eigenvalue weighted by atomic mass is 35.5. The van der Waals surface area contributed by atoms with Gasteiger partial charge in [-0.05, 0) is 30.5 Å². The highest BCUT2D eigenvalue weighted by molar-refractivity contribution is 6.58. The molecule has 0 saturated carbocycles. The van der Waals surface area contributed by atoms with E-state index in [0.717, 1.165) is 24.2 Å². The average Bonchev–Trinajstić information content (AvgIpc) is 2.54. The smallest absolute Gasteiger partial charge is 0.259 e. The van der Waals surface area contributed by atoms with E-state index in [2.05, 4.69) is 0 Å². The normalized spacial score (nSPS) is 20.3. The Morgan fingerprint density at radius 1 is 1.24 bits per heavy atom. The fraction of sp³-hybridized carbons (Fsp3) is 0.438. The summed E-state index contributed by atoms with van der Waals surface area (Å²) in [4.78, 5) is 14.2. The van der Waals surface area contributed by atoms with Gasteiger partial charge in [-0.2, -0.15) is 0 Å². The summed E-state index contributed by atoms with van der Waals surface area (Å²) in [5.41, 5.74) is 1.03. The summed E-state index contributed by atoms with van der Waals surface area (Å²) >= 11 is 12.4. The quantitative estimate of drug-likeness (QED) is 0.621. The number of benzene rings is 1. The van der Waals surface area contributed by atoms with Crippen LogP contribution in [0.2, 0.25) is 0 Å². The molecular weight excluding hydrogens is 309 g/mol. The van der Waals surface area contributed by atoms with Crippen molar-refractivity contribution >= 4 is 29.1 Å². The van der Waals surface area contributed by atoms with E-state index in [-0.39, 0.29) is 5.91 Å². The minimum Gasteiger partial charge on any atom is -0.497 e. The van der Waals surface area contributed by atoms with Crippen LogP contribution < -0.4 is 4.74 Å². The van der Waals surface area contributed by atoms with E-state index in [1.54, 1.807) is 12.0 Å². The van der Waals surface area contributed by atoms with Crippen LogP contribution in [0.4, 0.5) is 0 Å². The average molecular weight is 328 g/mol. The Balaban J connectivity index is 2.13. The molecule has 1 aliphatic heterocycles. The molecule has 1 aromatic rings. The van der Waals surface area contributed by atoms with Crippen molar-refractivity contribution in [3.63, 3.8) is 0 Å². The number of carbonyl (C=O) groups excluding carboxylic acids is 1. The Morgan fingerprint density at radius 3 is 2.62 bits per heavy atom. The summed E-state index contributed by atoms with van der Waals surface area (Å²) in [6.45, 7) is 1.15. The number of nitrogens with zero attached hydrogens (tertiary/aromatic N) is 1. The molecule has 0 fully saturated rings. The van der Waals surface area contributed by atoms with Gasteiger partial charge in [0.15, 0.2) is 4.33 Å². The van der Waals surface area contributed by atoms with E-state index in [0.29, 0.717) is 19.5 Å². The van der Waals surface area contributed by atoms with E-state index in [9.17, 15) is 4.79 Å². The molecule has 5 heteroatoms. The second-order valence-corrected chi connectivity index (χ2v) is 6.58. The van der Waals surface area contributed by atoms with Crippen LogP contribution in [0, 0.1) is 0 Å². The number of allylic oxidation sites excluding steroid dienone is 2. The summed E-state index contributed by atoms with van der Waals surface area (Å²) in [5.74, 6) is 0.566. The van der Waals surface area contributed by atoms with Crippen molar-refractivity contribution in [3.05, 3.63) is 42.0 Å². The first kappa shape index (κ1) is 16.2. The summed E-state index contributed by atoms with van der Waals surface area (Å²) in [6, 6.07) is 7.65. The predicted octanol–water partition coefficient (Wildman–Crippen LogP) is 3.94. The molecule has 2 rings (SSSR count). The third kappa shape index (κ3) is 4.39. The maximum atomic E-state index is 12.5. The van der Waals surface area contributed by atoms with E-state index < -0.39 is 4.33 Å². The fourth-order valence-corrected chi connectivity index (χ4v) is 2.69. The lowest BCUT2D eigenvalue weighted by atomic mass is 10.2. The van der Waals surface area contributed by atoms with Crippen LogP contribution in [0.1, 0.15) is 24.8 Å². The maximum absolute atomic E-state index is 12.5. The number of halogens is 2. The van der Waals surface area contributed by atoms with Crippen LogP contribution in [0.5, 0.6) is 5.75 Å². The molecule has 0 N–H and O–H groups in total. The summed E-state index contributed by atoms with van der Waals surface area (Å²) in [5, 5.41) is 0. The van der Waals surface area contributed by atoms with E-state index >= 15 is 0 Å². The van der Waals surface area contributed by atoms with Gasteiger partial charge in [-0.3, -0.25) is 4.79 Å². The molecule has 21 heavy (non-hydrogen) atoms. The number of carbonyl (C=O) groups is 1. The Hall–Kier alpha value is -1.19. The second-order valence-electron chi connectivity index (χ2n) is 5.10. The second kappa shape index (κ2) is 7.19. The van der Waals surface area contributed by atoms with Gasteiger partial charge in [0.05, 0.1) is 7.11 Å². The molecule has 0 spiro atoms. The van der Waals surface area contributed by atoms with Crippen LogP contribution in [-0.4, -0.2) is 28.8 Å². The Bertz CT molecular complexity index is 512. The molecule has 0 aromatic heterocycles. The van der Waals surface area contributed by atoms with Gasteiger partial charge in [-0.15, -0.1) is 0 Å². The highest BCUT2D eigenvalue weighted by Gasteiger charge is 2.36. The lowest BCUT2D eigenvalue weighted by molar-refractivity contribution is -0.132. The van der Waals surface area contributed by atoms with Crippen molar-refractivity contribution in [3.8, 4) is 5.75 Å². The Kier molecular flexibility index (Phi) is 5.54. The molecule has 0 radical (unpaired) electrons. The number of rotatable bonds is 3. The molecule has 0 aliphatic carbocycles. The zero-order chi connectivity index (χ0) is 15.3. The molecule has 0 atom stereocenters. The third-order valence-electron chi connectivity index (χ3n) is 3.47. The number of alkyl halides is 2. The number of hydrogen-bond acceptors (Lipinski definition) is 2. The number of amides is 1. The molecule has 1 aromatic carbocycles. The van der Waals surface area contributed by atoms with Crippen LogP contribution in [0.3, 0.4) is 0 Å². The minimum atomic E-state index is -1.38. The molecular formula is C16H19Cl2NO2. The molecule has 0 bridgehead atoms. The molecule has 1 aliphatic rings. The molecule has 1 amide bonds. The van der Waals surface area contributed by atoms with Gasteiger partial charge in [-0.1, -0.05) is 47.5 Å². The molecule has 0 saturated heterocycles. The lowest BCUT2D eigenvalue weighted by Gasteiger charge is -2.28. The zero-order valence-corrected chi connectivity index (χ0v) is 13.5. The van der Waals surface area contributed by atoms with Gasteiger partial charge >= 0.3 is 0 Å². The molecule has 3 nitrogen and oxygen atoms in total. The first-order valence-corrected chi connectivity index (χ1v) is 7.73. The summed E-state index contributed by atoms with van der Waals surface area (Å²) < 4.78 is 3.75. The van der Waals surface area contributed by atoms with Crippen molar-refractivity contribution in [2.75, 3.05) is 13.7 Å². The van der Waals surface area contributed by atoms with E-state index in [4.69, 9.17) is 27.9 Å². The lowest BCUT2D eigenvalue weighted by Crippen LogP contribution is -2.41. The van der Waals surface area contributed by atoms with Gasteiger partial charge in [-0.25, -0.2) is 0 Å². The molecule has 0 unspecified atom stereocenters. The summed E-state index contributed by atoms with van der Waals surface area (Å²) in [7, 11) is 1.63. The van der Waals surface area contributed by atoms with E-state index in [1.165, 1.54) is 0 Å². The van der Waals surface area contributed by atoms with Crippen LogP contribution >= 0.6 is 23.2 Å². The molecule has 114 valence electrons. The number of ether oxygens (including phenoxy) is 1. The SMILES string of the molecule is COc1ccc(CN2CCC/C=C/CC(Cl)(Cl)C2=O)cc1. The van der Waals surface area contributed by atoms with Crippen molar-refractivity contribution in [1.29, 1.82) is 0 Å². The first-order valence-electron chi connectivity index (χ1n) is 6.98. The van der Waals surface area contributed by atoms with Crippen molar-refractivity contribution in [2.45, 2.75) is 30.1 Å².